The monoisotopic (exact) mass is 396 g/mol. The Kier molecular flexibility index (Phi) is 6.57. The molecule has 0 bridgehead atoms. The predicted octanol–water partition coefficient (Wildman–Crippen LogP) is 2.78. The van der Waals surface area contributed by atoms with Crippen LogP contribution >= 0.6 is 0 Å². The SMILES string of the molecule is CCCn1cc(C(=O)NC2CCCCC2)c(S(=O)(=O)N2CCC(C)CC2)n1. The summed E-state index contributed by atoms with van der Waals surface area (Å²) in [6.07, 6.45) is 9.45. The van der Waals surface area contributed by atoms with Gasteiger partial charge in [0, 0.05) is 31.9 Å². The largest absolute Gasteiger partial charge is 0.349 e. The van der Waals surface area contributed by atoms with Gasteiger partial charge < -0.3 is 5.32 Å². The highest BCUT2D eigenvalue weighted by molar-refractivity contribution is 7.89. The summed E-state index contributed by atoms with van der Waals surface area (Å²) in [4.78, 5) is 12.9. The molecule has 27 heavy (non-hydrogen) atoms. The van der Waals surface area contributed by atoms with Gasteiger partial charge in [0.2, 0.25) is 5.03 Å². The van der Waals surface area contributed by atoms with Crippen molar-refractivity contribution in [3.05, 3.63) is 11.8 Å². The third kappa shape index (κ3) is 4.71. The molecule has 7 nitrogen and oxygen atoms in total. The van der Waals surface area contributed by atoms with Crippen LogP contribution in [0, 0.1) is 5.92 Å². The Morgan fingerprint density at radius 1 is 1.19 bits per heavy atom. The van der Waals surface area contributed by atoms with Gasteiger partial charge in [-0.05, 0) is 38.0 Å². The van der Waals surface area contributed by atoms with Crippen LogP contribution in [0.4, 0.5) is 0 Å². The number of rotatable bonds is 6. The molecule has 0 aromatic carbocycles. The van der Waals surface area contributed by atoms with Gasteiger partial charge in [0.15, 0.2) is 0 Å². The van der Waals surface area contributed by atoms with Crippen LogP contribution in [0.15, 0.2) is 11.2 Å². The van der Waals surface area contributed by atoms with E-state index in [0.717, 1.165) is 44.9 Å². The lowest BCUT2D eigenvalue weighted by Crippen LogP contribution is -2.40. The van der Waals surface area contributed by atoms with E-state index in [2.05, 4.69) is 17.3 Å². The summed E-state index contributed by atoms with van der Waals surface area (Å²) in [6, 6.07) is 0.132. The van der Waals surface area contributed by atoms with Gasteiger partial charge >= 0.3 is 0 Å². The highest BCUT2D eigenvalue weighted by Gasteiger charge is 2.34. The topological polar surface area (TPSA) is 84.3 Å². The number of nitrogens with one attached hydrogen (secondary N) is 1. The molecule has 1 N–H and O–H groups in total. The molecule has 2 aliphatic rings. The number of nitrogens with zero attached hydrogens (tertiary/aromatic N) is 3. The molecule has 0 spiro atoms. The summed E-state index contributed by atoms with van der Waals surface area (Å²) in [5.41, 5.74) is 0.188. The lowest BCUT2D eigenvalue weighted by atomic mass is 9.95. The maximum Gasteiger partial charge on any atom is 0.263 e. The Bertz CT molecular complexity index is 745. The molecule has 1 amide bonds. The molecule has 0 atom stereocenters. The third-order valence-electron chi connectivity index (χ3n) is 5.69. The van der Waals surface area contributed by atoms with Crippen LogP contribution in [0.1, 0.15) is 75.6 Å². The first-order chi connectivity index (χ1) is 12.9. The number of amides is 1. The molecule has 0 unspecified atom stereocenters. The summed E-state index contributed by atoms with van der Waals surface area (Å²) in [5, 5.41) is 7.26. The zero-order valence-electron chi connectivity index (χ0n) is 16.5. The maximum atomic E-state index is 13.2. The van der Waals surface area contributed by atoms with Crippen molar-refractivity contribution in [2.45, 2.75) is 82.8 Å². The molecule has 152 valence electrons. The summed E-state index contributed by atoms with van der Waals surface area (Å²) in [5.74, 6) is 0.219. The highest BCUT2D eigenvalue weighted by Crippen LogP contribution is 2.25. The second kappa shape index (κ2) is 8.73. The molecule has 2 fully saturated rings. The van der Waals surface area contributed by atoms with Crippen molar-refractivity contribution in [3.8, 4) is 0 Å². The number of sulfonamides is 1. The fraction of sp³-hybridized carbons (Fsp3) is 0.789. The predicted molar refractivity (Wildman–Crippen MR) is 104 cm³/mol. The first-order valence-electron chi connectivity index (χ1n) is 10.3. The summed E-state index contributed by atoms with van der Waals surface area (Å²) in [7, 11) is -3.76. The van der Waals surface area contributed by atoms with Gasteiger partial charge in [-0.2, -0.15) is 9.40 Å². The maximum absolute atomic E-state index is 13.2. The fourth-order valence-electron chi connectivity index (χ4n) is 3.95. The third-order valence-corrected chi connectivity index (χ3v) is 7.53. The second-order valence-corrected chi connectivity index (χ2v) is 9.86. The minimum absolute atomic E-state index is 0.0844. The number of carbonyl (C=O) groups is 1. The summed E-state index contributed by atoms with van der Waals surface area (Å²) < 4.78 is 29.5. The quantitative estimate of drug-likeness (QED) is 0.801. The molecular formula is C19H32N4O3S. The van der Waals surface area contributed by atoms with Crippen LogP contribution < -0.4 is 5.32 Å². The van der Waals surface area contributed by atoms with Crippen molar-refractivity contribution in [2.75, 3.05) is 13.1 Å². The normalized spacial score (nSPS) is 20.7. The Morgan fingerprint density at radius 3 is 2.48 bits per heavy atom. The van der Waals surface area contributed by atoms with E-state index in [0.29, 0.717) is 25.6 Å². The molecule has 1 aliphatic carbocycles. The van der Waals surface area contributed by atoms with Crippen molar-refractivity contribution in [1.29, 1.82) is 0 Å². The van der Waals surface area contributed by atoms with Crippen molar-refractivity contribution in [3.63, 3.8) is 0 Å². The van der Waals surface area contributed by atoms with Gasteiger partial charge in [0.05, 0.1) is 5.56 Å². The zero-order chi connectivity index (χ0) is 19.4. The number of hydrogen-bond acceptors (Lipinski definition) is 4. The van der Waals surface area contributed by atoms with E-state index in [1.807, 2.05) is 6.92 Å². The molecule has 3 rings (SSSR count). The molecule has 8 heteroatoms. The number of aryl methyl sites for hydroxylation is 1. The molecule has 1 aromatic heterocycles. The first kappa shape index (κ1) is 20.3. The molecule has 1 saturated carbocycles. The minimum Gasteiger partial charge on any atom is -0.349 e. The van der Waals surface area contributed by atoms with Gasteiger partial charge in [-0.25, -0.2) is 8.42 Å². The summed E-state index contributed by atoms with van der Waals surface area (Å²) >= 11 is 0. The Hall–Kier alpha value is -1.41. The van der Waals surface area contributed by atoms with Crippen LogP contribution in [0.5, 0.6) is 0 Å². The fourth-order valence-corrected chi connectivity index (χ4v) is 5.52. The van der Waals surface area contributed by atoms with E-state index >= 15 is 0 Å². The van der Waals surface area contributed by atoms with E-state index in [-0.39, 0.29) is 22.5 Å². The second-order valence-electron chi connectivity index (χ2n) is 8.01. The number of piperidine rings is 1. The molecule has 1 aromatic rings. The Labute approximate surface area is 162 Å². The minimum atomic E-state index is -3.76. The number of aromatic nitrogens is 2. The van der Waals surface area contributed by atoms with Crippen LogP contribution in [0.2, 0.25) is 0 Å². The van der Waals surface area contributed by atoms with E-state index in [9.17, 15) is 13.2 Å². The van der Waals surface area contributed by atoms with E-state index in [1.165, 1.54) is 10.7 Å². The lowest BCUT2D eigenvalue weighted by Gasteiger charge is -2.29. The van der Waals surface area contributed by atoms with E-state index in [1.54, 1.807) is 10.9 Å². The van der Waals surface area contributed by atoms with Crippen LogP contribution in [0.25, 0.3) is 0 Å². The average molecular weight is 397 g/mol. The van der Waals surface area contributed by atoms with Crippen molar-refractivity contribution in [2.24, 2.45) is 5.92 Å². The van der Waals surface area contributed by atoms with E-state index in [4.69, 9.17) is 0 Å². The van der Waals surface area contributed by atoms with Gasteiger partial charge in [0.25, 0.3) is 15.9 Å². The van der Waals surface area contributed by atoms with Gasteiger partial charge in [-0.3, -0.25) is 9.48 Å². The standard InChI is InChI=1S/C19H32N4O3S/c1-3-11-22-14-17(18(24)20-16-7-5-4-6-8-16)19(21-22)27(25,26)23-12-9-15(2)10-13-23/h14-16H,3-13H2,1-2H3,(H,20,24). The highest BCUT2D eigenvalue weighted by atomic mass is 32.2. The zero-order valence-corrected chi connectivity index (χ0v) is 17.3. The van der Waals surface area contributed by atoms with Crippen LogP contribution in [0.3, 0.4) is 0 Å². The smallest absolute Gasteiger partial charge is 0.263 e. The summed E-state index contributed by atoms with van der Waals surface area (Å²) in [6.45, 7) is 5.73. The lowest BCUT2D eigenvalue weighted by molar-refractivity contribution is 0.0924. The molecule has 1 saturated heterocycles. The number of hydrogen-bond donors (Lipinski definition) is 1. The van der Waals surface area contributed by atoms with Gasteiger partial charge in [-0.15, -0.1) is 0 Å². The van der Waals surface area contributed by atoms with Crippen molar-refractivity contribution < 1.29 is 13.2 Å². The van der Waals surface area contributed by atoms with Crippen molar-refractivity contribution >= 4 is 15.9 Å². The van der Waals surface area contributed by atoms with Crippen LogP contribution in [-0.2, 0) is 16.6 Å². The van der Waals surface area contributed by atoms with Gasteiger partial charge in [-0.1, -0.05) is 33.1 Å². The van der Waals surface area contributed by atoms with E-state index < -0.39 is 10.0 Å². The first-order valence-corrected chi connectivity index (χ1v) is 11.7. The molecule has 0 radical (unpaired) electrons. The Balaban J connectivity index is 1.85. The Morgan fingerprint density at radius 2 is 1.85 bits per heavy atom. The average Bonchev–Trinajstić information content (AvgIpc) is 3.08. The molecule has 2 heterocycles. The molecular weight excluding hydrogens is 364 g/mol. The number of carbonyl (C=O) groups excluding carboxylic acids is 1. The van der Waals surface area contributed by atoms with Crippen LogP contribution in [-0.4, -0.2) is 47.5 Å². The molecule has 1 aliphatic heterocycles. The van der Waals surface area contributed by atoms with Gasteiger partial charge in [0.1, 0.15) is 0 Å². The van der Waals surface area contributed by atoms with Crippen molar-refractivity contribution in [1.82, 2.24) is 19.4 Å².